The first-order valence-corrected chi connectivity index (χ1v) is 5.55. The van der Waals surface area contributed by atoms with Crippen LogP contribution in [0.4, 0.5) is 0 Å². The van der Waals surface area contributed by atoms with Crippen LogP contribution in [-0.2, 0) is 9.47 Å². The van der Waals surface area contributed by atoms with Gasteiger partial charge in [-0.3, -0.25) is 0 Å². The lowest BCUT2D eigenvalue weighted by molar-refractivity contribution is -0.259. The molecular formula is C9H15BrO2. The molecular weight excluding hydrogens is 220 g/mol. The summed E-state index contributed by atoms with van der Waals surface area (Å²) >= 11 is 3.40. The molecule has 3 heteroatoms. The van der Waals surface area contributed by atoms with Gasteiger partial charge in [-0.2, -0.15) is 0 Å². The number of alkyl halides is 1. The summed E-state index contributed by atoms with van der Waals surface area (Å²) < 4.78 is 11.5. The molecule has 0 aromatic heterocycles. The Balaban J connectivity index is 1.92. The van der Waals surface area contributed by atoms with Crippen LogP contribution in [0.5, 0.6) is 0 Å². The summed E-state index contributed by atoms with van der Waals surface area (Å²) in [7, 11) is 0. The summed E-state index contributed by atoms with van der Waals surface area (Å²) in [6.07, 6.45) is 2.36. The molecule has 1 spiro atoms. The van der Waals surface area contributed by atoms with E-state index in [1.807, 2.05) is 0 Å². The van der Waals surface area contributed by atoms with Crippen LogP contribution in [0.1, 0.15) is 26.7 Å². The average molecular weight is 235 g/mol. The standard InChI is InChI=1S/C9H15BrO2/c1-8(2)5-9(6-8)11-4-7(3-10)12-9/h7H,3-6H2,1-2H3. The molecule has 70 valence electrons. The molecule has 2 rings (SSSR count). The van der Waals surface area contributed by atoms with E-state index in [0.717, 1.165) is 24.8 Å². The van der Waals surface area contributed by atoms with Crippen molar-refractivity contribution in [3.63, 3.8) is 0 Å². The third-order valence-corrected chi connectivity index (χ3v) is 3.30. The van der Waals surface area contributed by atoms with Gasteiger partial charge in [-0.25, -0.2) is 0 Å². The number of halogens is 1. The summed E-state index contributed by atoms with van der Waals surface area (Å²) in [6, 6.07) is 0. The fraction of sp³-hybridized carbons (Fsp3) is 1.00. The van der Waals surface area contributed by atoms with Crippen molar-refractivity contribution >= 4 is 15.9 Å². The number of ether oxygens (including phenoxy) is 2. The lowest BCUT2D eigenvalue weighted by atomic mass is 9.67. The van der Waals surface area contributed by atoms with E-state index < -0.39 is 0 Å². The van der Waals surface area contributed by atoms with Gasteiger partial charge in [0.25, 0.3) is 0 Å². The molecule has 12 heavy (non-hydrogen) atoms. The van der Waals surface area contributed by atoms with Crippen LogP contribution in [0.3, 0.4) is 0 Å². The predicted octanol–water partition coefficient (Wildman–Crippen LogP) is 2.31. The Hall–Kier alpha value is 0.400. The summed E-state index contributed by atoms with van der Waals surface area (Å²) in [5.74, 6) is -0.206. The minimum Gasteiger partial charge on any atom is -0.347 e. The first kappa shape index (κ1) is 8.97. The lowest BCUT2D eigenvalue weighted by Crippen LogP contribution is -2.50. The van der Waals surface area contributed by atoms with Crippen LogP contribution < -0.4 is 0 Å². The Morgan fingerprint density at radius 1 is 1.42 bits per heavy atom. The van der Waals surface area contributed by atoms with Gasteiger partial charge in [0.05, 0.1) is 12.7 Å². The fourth-order valence-electron chi connectivity index (χ4n) is 2.28. The summed E-state index contributed by atoms with van der Waals surface area (Å²) in [4.78, 5) is 0. The first-order valence-electron chi connectivity index (χ1n) is 4.43. The van der Waals surface area contributed by atoms with E-state index in [-0.39, 0.29) is 11.9 Å². The van der Waals surface area contributed by atoms with Crippen molar-refractivity contribution in [2.45, 2.75) is 38.6 Å². The number of hydrogen-bond donors (Lipinski definition) is 0. The zero-order valence-corrected chi connectivity index (χ0v) is 9.19. The van der Waals surface area contributed by atoms with Crippen LogP contribution >= 0.6 is 15.9 Å². The van der Waals surface area contributed by atoms with Gasteiger partial charge >= 0.3 is 0 Å². The minimum atomic E-state index is -0.206. The van der Waals surface area contributed by atoms with Crippen molar-refractivity contribution in [2.75, 3.05) is 11.9 Å². The summed E-state index contributed by atoms with van der Waals surface area (Å²) in [5.41, 5.74) is 0.418. The molecule has 2 aliphatic rings. The van der Waals surface area contributed by atoms with Gasteiger partial charge in [-0.05, 0) is 5.41 Å². The minimum absolute atomic E-state index is 0.206. The van der Waals surface area contributed by atoms with E-state index in [1.165, 1.54) is 0 Å². The Bertz CT molecular complexity index is 183. The molecule has 0 aromatic carbocycles. The third-order valence-electron chi connectivity index (χ3n) is 2.58. The largest absolute Gasteiger partial charge is 0.347 e. The van der Waals surface area contributed by atoms with Crippen molar-refractivity contribution in [1.29, 1.82) is 0 Å². The molecule has 0 N–H and O–H groups in total. The summed E-state index contributed by atoms with van der Waals surface area (Å²) in [5, 5.41) is 0.884. The third kappa shape index (κ3) is 1.42. The molecule has 1 heterocycles. The van der Waals surface area contributed by atoms with Gasteiger partial charge in [0.1, 0.15) is 0 Å². The van der Waals surface area contributed by atoms with Crippen LogP contribution in [0.25, 0.3) is 0 Å². The fourth-order valence-corrected chi connectivity index (χ4v) is 2.60. The molecule has 1 saturated carbocycles. The van der Waals surface area contributed by atoms with E-state index in [0.29, 0.717) is 5.41 Å². The highest BCUT2D eigenvalue weighted by atomic mass is 79.9. The van der Waals surface area contributed by atoms with E-state index in [2.05, 4.69) is 29.8 Å². The molecule has 1 saturated heterocycles. The highest BCUT2D eigenvalue weighted by Gasteiger charge is 2.55. The zero-order valence-electron chi connectivity index (χ0n) is 7.60. The topological polar surface area (TPSA) is 18.5 Å². The maximum absolute atomic E-state index is 5.80. The zero-order chi connectivity index (χ0) is 8.82. The van der Waals surface area contributed by atoms with Crippen LogP contribution in [0.2, 0.25) is 0 Å². The van der Waals surface area contributed by atoms with Gasteiger partial charge < -0.3 is 9.47 Å². The maximum Gasteiger partial charge on any atom is 0.169 e. The highest BCUT2D eigenvalue weighted by molar-refractivity contribution is 9.09. The highest BCUT2D eigenvalue weighted by Crippen LogP contribution is 2.53. The molecule has 0 amide bonds. The Morgan fingerprint density at radius 3 is 2.50 bits per heavy atom. The van der Waals surface area contributed by atoms with Crippen LogP contribution in [0, 0.1) is 5.41 Å². The molecule has 2 fully saturated rings. The van der Waals surface area contributed by atoms with Crippen LogP contribution in [-0.4, -0.2) is 23.8 Å². The van der Waals surface area contributed by atoms with E-state index in [4.69, 9.17) is 9.47 Å². The lowest BCUT2D eigenvalue weighted by Gasteiger charge is -2.49. The molecule has 0 aromatic rings. The predicted molar refractivity (Wildman–Crippen MR) is 50.4 cm³/mol. The van der Waals surface area contributed by atoms with Gasteiger partial charge in [0.15, 0.2) is 5.79 Å². The van der Waals surface area contributed by atoms with E-state index in [1.54, 1.807) is 0 Å². The SMILES string of the molecule is CC1(C)CC2(C1)OCC(CBr)O2. The second-order valence-corrected chi connectivity index (χ2v) is 5.28. The molecule has 0 bridgehead atoms. The average Bonchev–Trinajstić information content (AvgIpc) is 2.29. The van der Waals surface area contributed by atoms with Crippen LogP contribution in [0.15, 0.2) is 0 Å². The molecule has 1 aliphatic heterocycles. The normalized spacial score (nSPS) is 36.8. The molecule has 1 atom stereocenters. The van der Waals surface area contributed by atoms with Gasteiger partial charge in [0, 0.05) is 18.2 Å². The first-order chi connectivity index (χ1) is 5.55. The molecule has 2 nitrogen and oxygen atoms in total. The van der Waals surface area contributed by atoms with E-state index >= 15 is 0 Å². The van der Waals surface area contributed by atoms with E-state index in [9.17, 15) is 0 Å². The molecule has 1 unspecified atom stereocenters. The second kappa shape index (κ2) is 2.69. The quantitative estimate of drug-likeness (QED) is 0.649. The maximum atomic E-state index is 5.80. The van der Waals surface area contributed by atoms with Crippen molar-refractivity contribution < 1.29 is 9.47 Å². The van der Waals surface area contributed by atoms with Crippen molar-refractivity contribution in [1.82, 2.24) is 0 Å². The summed E-state index contributed by atoms with van der Waals surface area (Å²) in [6.45, 7) is 5.26. The number of rotatable bonds is 1. The van der Waals surface area contributed by atoms with Crippen molar-refractivity contribution in [3.8, 4) is 0 Å². The second-order valence-electron chi connectivity index (χ2n) is 4.63. The monoisotopic (exact) mass is 234 g/mol. The van der Waals surface area contributed by atoms with Crippen molar-refractivity contribution in [2.24, 2.45) is 5.41 Å². The van der Waals surface area contributed by atoms with Gasteiger partial charge in [-0.15, -0.1) is 0 Å². The Morgan fingerprint density at radius 2 is 2.08 bits per heavy atom. The van der Waals surface area contributed by atoms with Crippen molar-refractivity contribution in [3.05, 3.63) is 0 Å². The molecule has 0 radical (unpaired) electrons. The van der Waals surface area contributed by atoms with Gasteiger partial charge in [-0.1, -0.05) is 29.8 Å². The molecule has 1 aliphatic carbocycles. The number of hydrogen-bond acceptors (Lipinski definition) is 2. The Labute approximate surface area is 81.7 Å². The smallest absolute Gasteiger partial charge is 0.169 e. The Kier molecular flexibility index (Phi) is 2.01. The van der Waals surface area contributed by atoms with Gasteiger partial charge in [0.2, 0.25) is 0 Å².